The molecule has 0 unspecified atom stereocenters. The van der Waals surface area contributed by atoms with Crippen molar-refractivity contribution >= 4 is 27.3 Å². The van der Waals surface area contributed by atoms with Crippen LogP contribution in [-0.4, -0.2) is 20.7 Å². The molecule has 0 bridgehead atoms. The third kappa shape index (κ3) is 4.89. The van der Waals surface area contributed by atoms with Crippen molar-refractivity contribution < 1.29 is 12.8 Å². The highest BCUT2D eigenvalue weighted by atomic mass is 35.5. The van der Waals surface area contributed by atoms with E-state index in [1.54, 1.807) is 0 Å². The SMILES string of the molecule is NCCCCS(=O)(=O)Nc1ccc(Cl)c(F)c1. The van der Waals surface area contributed by atoms with Gasteiger partial charge in [-0.3, -0.25) is 4.72 Å². The Labute approximate surface area is 105 Å². The van der Waals surface area contributed by atoms with Crippen molar-refractivity contribution in [3.05, 3.63) is 29.0 Å². The van der Waals surface area contributed by atoms with Crippen molar-refractivity contribution in [3.8, 4) is 0 Å². The van der Waals surface area contributed by atoms with Crippen molar-refractivity contribution in [2.45, 2.75) is 12.8 Å². The van der Waals surface area contributed by atoms with Gasteiger partial charge in [0.1, 0.15) is 5.82 Å². The molecule has 4 nitrogen and oxygen atoms in total. The first-order chi connectivity index (χ1) is 7.94. The lowest BCUT2D eigenvalue weighted by Gasteiger charge is -2.08. The summed E-state index contributed by atoms with van der Waals surface area (Å²) in [4.78, 5) is 0. The summed E-state index contributed by atoms with van der Waals surface area (Å²) in [5, 5.41) is -0.0453. The Kier molecular flexibility index (Phi) is 5.17. The lowest BCUT2D eigenvalue weighted by atomic mass is 10.3. The first kappa shape index (κ1) is 14.2. The average Bonchev–Trinajstić information content (AvgIpc) is 2.23. The quantitative estimate of drug-likeness (QED) is 0.783. The van der Waals surface area contributed by atoms with Gasteiger partial charge in [0.2, 0.25) is 10.0 Å². The van der Waals surface area contributed by atoms with Crippen LogP contribution in [0.5, 0.6) is 0 Å². The second kappa shape index (κ2) is 6.18. The summed E-state index contributed by atoms with van der Waals surface area (Å²) in [6, 6.07) is 3.75. The van der Waals surface area contributed by atoms with Crippen LogP contribution < -0.4 is 10.5 Å². The van der Waals surface area contributed by atoms with Gasteiger partial charge in [0.05, 0.1) is 16.5 Å². The van der Waals surface area contributed by atoms with E-state index in [0.29, 0.717) is 19.4 Å². The molecule has 0 saturated heterocycles. The molecule has 0 aliphatic heterocycles. The van der Waals surface area contributed by atoms with Crippen molar-refractivity contribution in [1.29, 1.82) is 0 Å². The summed E-state index contributed by atoms with van der Waals surface area (Å²) in [5.74, 6) is -0.692. The van der Waals surface area contributed by atoms with Gasteiger partial charge in [0.25, 0.3) is 0 Å². The summed E-state index contributed by atoms with van der Waals surface area (Å²) in [6.07, 6.45) is 1.11. The maximum atomic E-state index is 13.1. The Morgan fingerprint density at radius 1 is 1.35 bits per heavy atom. The minimum absolute atomic E-state index is 0.0333. The van der Waals surface area contributed by atoms with Gasteiger partial charge in [0, 0.05) is 0 Å². The minimum Gasteiger partial charge on any atom is -0.330 e. The number of benzene rings is 1. The number of hydrogen-bond acceptors (Lipinski definition) is 3. The van der Waals surface area contributed by atoms with E-state index in [9.17, 15) is 12.8 Å². The Morgan fingerprint density at radius 2 is 2.06 bits per heavy atom. The standard InChI is InChI=1S/C10H14ClFN2O2S/c11-9-4-3-8(7-10(9)12)14-17(15,16)6-2-1-5-13/h3-4,7,14H,1-2,5-6,13H2. The number of nitrogens with one attached hydrogen (secondary N) is 1. The van der Waals surface area contributed by atoms with E-state index in [4.69, 9.17) is 17.3 Å². The highest BCUT2D eigenvalue weighted by molar-refractivity contribution is 7.92. The Bertz CT molecular complexity index is 479. The van der Waals surface area contributed by atoms with Gasteiger partial charge >= 0.3 is 0 Å². The molecule has 0 atom stereocenters. The molecule has 0 fully saturated rings. The normalized spacial score (nSPS) is 11.5. The third-order valence-corrected chi connectivity index (χ3v) is 3.74. The summed E-state index contributed by atoms with van der Waals surface area (Å²) >= 11 is 5.49. The topological polar surface area (TPSA) is 72.2 Å². The summed E-state index contributed by atoms with van der Waals surface area (Å²) < 4.78 is 38.5. The number of hydrogen-bond donors (Lipinski definition) is 2. The molecule has 0 heterocycles. The molecule has 96 valence electrons. The van der Waals surface area contributed by atoms with Crippen LogP contribution in [0.15, 0.2) is 18.2 Å². The van der Waals surface area contributed by atoms with Crippen LogP contribution in [0, 0.1) is 5.82 Å². The van der Waals surface area contributed by atoms with Gasteiger partial charge in [-0.2, -0.15) is 0 Å². The van der Waals surface area contributed by atoms with E-state index in [0.717, 1.165) is 6.07 Å². The molecule has 0 aliphatic rings. The lowest BCUT2D eigenvalue weighted by molar-refractivity contribution is 0.597. The number of sulfonamides is 1. The number of rotatable bonds is 6. The van der Waals surface area contributed by atoms with Crippen molar-refractivity contribution in [2.24, 2.45) is 5.73 Å². The van der Waals surface area contributed by atoms with Gasteiger partial charge in [-0.1, -0.05) is 11.6 Å². The van der Waals surface area contributed by atoms with Gasteiger partial charge < -0.3 is 5.73 Å². The molecule has 1 aromatic rings. The Morgan fingerprint density at radius 3 is 2.65 bits per heavy atom. The van der Waals surface area contributed by atoms with Crippen LogP contribution in [0.1, 0.15) is 12.8 Å². The molecule has 0 spiro atoms. The first-order valence-electron chi connectivity index (χ1n) is 5.10. The molecular formula is C10H14ClFN2O2S. The van der Waals surface area contributed by atoms with E-state index in [1.165, 1.54) is 12.1 Å². The van der Waals surface area contributed by atoms with E-state index in [2.05, 4.69) is 4.72 Å². The fourth-order valence-corrected chi connectivity index (χ4v) is 2.52. The second-order valence-corrected chi connectivity index (χ2v) is 5.79. The largest absolute Gasteiger partial charge is 0.330 e. The number of unbranched alkanes of at least 4 members (excludes halogenated alkanes) is 1. The Hall–Kier alpha value is -0.850. The van der Waals surface area contributed by atoms with Crippen molar-refractivity contribution in [2.75, 3.05) is 17.0 Å². The molecule has 17 heavy (non-hydrogen) atoms. The predicted molar refractivity (Wildman–Crippen MR) is 67.1 cm³/mol. The van der Waals surface area contributed by atoms with Crippen LogP contribution in [-0.2, 0) is 10.0 Å². The van der Waals surface area contributed by atoms with E-state index >= 15 is 0 Å². The lowest BCUT2D eigenvalue weighted by Crippen LogP contribution is -2.17. The summed E-state index contributed by atoms with van der Waals surface area (Å²) in [5.41, 5.74) is 5.43. The second-order valence-electron chi connectivity index (χ2n) is 3.55. The maximum absolute atomic E-state index is 13.1. The van der Waals surface area contributed by atoms with E-state index in [-0.39, 0.29) is 16.5 Å². The van der Waals surface area contributed by atoms with Crippen LogP contribution in [0.4, 0.5) is 10.1 Å². The van der Waals surface area contributed by atoms with Gasteiger partial charge in [0.15, 0.2) is 0 Å². The molecule has 0 aliphatic carbocycles. The van der Waals surface area contributed by atoms with Crippen LogP contribution >= 0.6 is 11.6 Å². The zero-order valence-electron chi connectivity index (χ0n) is 9.12. The summed E-state index contributed by atoms with van der Waals surface area (Å²) in [7, 11) is -3.45. The summed E-state index contributed by atoms with van der Waals surface area (Å²) in [6.45, 7) is 0.449. The monoisotopic (exact) mass is 280 g/mol. The molecule has 7 heteroatoms. The average molecular weight is 281 g/mol. The van der Waals surface area contributed by atoms with Crippen molar-refractivity contribution in [1.82, 2.24) is 0 Å². The van der Waals surface area contributed by atoms with Crippen LogP contribution in [0.25, 0.3) is 0 Å². The van der Waals surface area contributed by atoms with Crippen LogP contribution in [0.3, 0.4) is 0 Å². The number of halogens is 2. The smallest absolute Gasteiger partial charge is 0.232 e. The highest BCUT2D eigenvalue weighted by Crippen LogP contribution is 2.19. The molecule has 0 amide bonds. The molecule has 1 rings (SSSR count). The molecule has 1 aromatic carbocycles. The third-order valence-electron chi connectivity index (χ3n) is 2.06. The number of anilines is 1. The van der Waals surface area contributed by atoms with Gasteiger partial charge in [-0.05, 0) is 37.6 Å². The predicted octanol–water partition coefficient (Wildman–Crippen LogP) is 1.96. The Balaban J connectivity index is 2.66. The van der Waals surface area contributed by atoms with Crippen molar-refractivity contribution in [3.63, 3.8) is 0 Å². The molecule has 0 saturated carbocycles. The molecular weight excluding hydrogens is 267 g/mol. The minimum atomic E-state index is -3.45. The van der Waals surface area contributed by atoms with E-state index in [1.807, 2.05) is 0 Å². The molecule has 0 radical (unpaired) electrons. The van der Waals surface area contributed by atoms with Crippen LogP contribution in [0.2, 0.25) is 5.02 Å². The highest BCUT2D eigenvalue weighted by Gasteiger charge is 2.11. The van der Waals surface area contributed by atoms with Gasteiger partial charge in [-0.25, -0.2) is 12.8 Å². The molecule has 3 N–H and O–H groups in total. The number of nitrogens with two attached hydrogens (primary N) is 1. The fourth-order valence-electron chi connectivity index (χ4n) is 1.23. The first-order valence-corrected chi connectivity index (χ1v) is 7.13. The zero-order valence-corrected chi connectivity index (χ0v) is 10.7. The fraction of sp³-hybridized carbons (Fsp3) is 0.400. The molecule has 0 aromatic heterocycles. The maximum Gasteiger partial charge on any atom is 0.232 e. The van der Waals surface area contributed by atoms with Gasteiger partial charge in [-0.15, -0.1) is 0 Å². The van der Waals surface area contributed by atoms with E-state index < -0.39 is 15.8 Å². The zero-order chi connectivity index (χ0) is 12.9.